The van der Waals surface area contributed by atoms with E-state index < -0.39 is 10.2 Å². The molecule has 0 amide bonds. The second kappa shape index (κ2) is 15.8. The minimum Gasteiger partial charge on any atom is -0.356 e. The number of hydrogen-bond donors (Lipinski definition) is 0. The van der Waals surface area contributed by atoms with Gasteiger partial charge in [-0.25, -0.2) is 0 Å². The van der Waals surface area contributed by atoms with Gasteiger partial charge in [-0.15, -0.1) is 0 Å². The minimum atomic E-state index is -1.75. The van der Waals surface area contributed by atoms with Crippen molar-refractivity contribution in [3.8, 4) is 0 Å². The molecule has 0 N–H and O–H groups in total. The van der Waals surface area contributed by atoms with Gasteiger partial charge in [0.15, 0.2) is 0 Å². The first-order valence-corrected chi connectivity index (χ1v) is 1.10. The van der Waals surface area contributed by atoms with Crippen LogP contribution in [-0.4, -0.2) is 10.2 Å². The van der Waals surface area contributed by atoms with Crippen molar-refractivity contribution in [2.24, 2.45) is 0 Å². The van der Waals surface area contributed by atoms with Gasteiger partial charge in [-0.2, -0.15) is 0 Å². The van der Waals surface area contributed by atoms with Gasteiger partial charge in [0.05, 0.1) is 10.2 Å². The Morgan fingerprint density at radius 3 is 0.800 bits per heavy atom. The van der Waals surface area contributed by atoms with E-state index in [1.807, 2.05) is 0 Å². The fourth-order valence-corrected chi connectivity index (χ4v) is 0. The Hall–Kier alpha value is -0.561. The van der Waals surface area contributed by atoms with Crippen LogP contribution in [0.2, 0.25) is 0 Å². The monoisotopic (exact) mass is 243 g/mol. The van der Waals surface area contributed by atoms with Crippen LogP contribution in [0.25, 0.3) is 0 Å². The molecule has 0 spiro atoms. The van der Waals surface area contributed by atoms with Crippen LogP contribution < -0.4 is 0 Å². The van der Waals surface area contributed by atoms with Gasteiger partial charge < -0.3 is 30.6 Å². The van der Waals surface area contributed by atoms with E-state index in [0.717, 1.165) is 0 Å². The van der Waals surface area contributed by atoms with E-state index in [4.69, 9.17) is 30.6 Å². The molecule has 0 aromatic rings. The molecule has 0 saturated carbocycles. The summed E-state index contributed by atoms with van der Waals surface area (Å²) < 4.78 is 0. The van der Waals surface area contributed by atoms with Crippen LogP contribution in [0.4, 0.5) is 0 Å². The van der Waals surface area contributed by atoms with E-state index in [2.05, 4.69) is 0 Å². The zero-order valence-corrected chi connectivity index (χ0v) is 6.04. The first-order chi connectivity index (χ1) is 3.46. The molecule has 63 valence electrons. The normalized spacial score (nSPS) is 4.80. The Morgan fingerprint density at radius 2 is 0.800 bits per heavy atom. The second-order valence-corrected chi connectivity index (χ2v) is 0.447. The Balaban J connectivity index is -0.0000000300. The van der Waals surface area contributed by atoms with Crippen LogP contribution in [-0.2, 0) is 34.1 Å². The van der Waals surface area contributed by atoms with Gasteiger partial charge >= 0.3 is 34.1 Å². The summed E-state index contributed by atoms with van der Waals surface area (Å²) in [4.78, 5) is 16.5. The second-order valence-electron chi connectivity index (χ2n) is 0.447. The molecule has 0 aliphatic carbocycles. The Morgan fingerprint density at radius 1 is 0.800 bits per heavy atom. The molecule has 0 aliphatic heterocycles. The van der Waals surface area contributed by atoms with Crippen molar-refractivity contribution in [1.29, 1.82) is 0 Å². The van der Waals surface area contributed by atoms with Crippen molar-refractivity contribution in [2.45, 2.75) is 0 Å². The summed E-state index contributed by atoms with van der Waals surface area (Å²) in [5.41, 5.74) is 0. The minimum absolute atomic E-state index is 0. The van der Waals surface area contributed by atoms with Crippen LogP contribution >= 0.6 is 0 Å². The van der Waals surface area contributed by atoms with Gasteiger partial charge in [0.1, 0.15) is 0 Å². The van der Waals surface area contributed by atoms with Crippen LogP contribution in [0.1, 0.15) is 0 Å². The molecule has 0 fully saturated rings. The Kier molecular flexibility index (Phi) is 35.9. The summed E-state index contributed by atoms with van der Waals surface area (Å²) in [5, 5.41) is 29.5. The van der Waals surface area contributed by atoms with Crippen LogP contribution in [0, 0.1) is 30.6 Å². The van der Waals surface area contributed by atoms with Crippen LogP contribution in [0.3, 0.4) is 0 Å². The molecular weight excluding hydrogens is 243 g/mol. The maximum absolute atomic E-state index is 8.25. The van der Waals surface area contributed by atoms with Gasteiger partial charge in [-0.05, 0) is 0 Å². The molecule has 10 heteroatoms. The zero-order chi connectivity index (χ0) is 7.15. The number of hydrogen-bond acceptors (Lipinski definition) is 6. The molecule has 0 heterocycles. The molecule has 0 aliphatic rings. The summed E-state index contributed by atoms with van der Waals surface area (Å²) >= 11 is 0. The van der Waals surface area contributed by atoms with E-state index in [0.29, 0.717) is 0 Å². The third-order valence-electron chi connectivity index (χ3n) is 0. The first kappa shape index (κ1) is 22.7. The summed E-state index contributed by atoms with van der Waals surface area (Å²) in [5.74, 6) is 0. The van der Waals surface area contributed by atoms with E-state index in [9.17, 15) is 0 Å². The van der Waals surface area contributed by atoms with E-state index >= 15 is 0 Å². The SMILES string of the molecule is O=[N+]([O-])[O-].O=[N+]([O-])[O-].[Cu+2].[Fe+2]. The number of rotatable bonds is 0. The largest absolute Gasteiger partial charge is 2.00 e. The molecular formula is CuFeN2O6+2. The molecule has 0 saturated heterocycles. The van der Waals surface area contributed by atoms with Crippen molar-refractivity contribution in [2.75, 3.05) is 0 Å². The first-order valence-electron chi connectivity index (χ1n) is 1.10. The van der Waals surface area contributed by atoms with Crippen molar-refractivity contribution in [1.82, 2.24) is 0 Å². The summed E-state index contributed by atoms with van der Waals surface area (Å²) in [6.07, 6.45) is 0. The van der Waals surface area contributed by atoms with Crippen molar-refractivity contribution in [3.63, 3.8) is 0 Å². The van der Waals surface area contributed by atoms with Gasteiger partial charge in [0, 0.05) is 0 Å². The third kappa shape index (κ3) is 980. The average Bonchev–Trinajstić information content (AvgIpc) is 1.25. The molecule has 8 nitrogen and oxygen atoms in total. The summed E-state index contributed by atoms with van der Waals surface area (Å²) in [6.45, 7) is 0. The van der Waals surface area contributed by atoms with Crippen LogP contribution in [0.5, 0.6) is 0 Å². The molecule has 0 atom stereocenters. The predicted octanol–water partition coefficient (Wildman–Crippen LogP) is -0.483. The Labute approximate surface area is 75.4 Å². The van der Waals surface area contributed by atoms with Crippen molar-refractivity contribution in [3.05, 3.63) is 30.6 Å². The maximum atomic E-state index is 8.25. The standard InChI is InChI=1S/Cu.Fe.2NO3/c;;2*2-1(3)4/q2*+2;2*-1. The van der Waals surface area contributed by atoms with Gasteiger partial charge in [0.2, 0.25) is 0 Å². The molecule has 0 aromatic carbocycles. The molecule has 0 aromatic heterocycles. The molecule has 10 heavy (non-hydrogen) atoms. The molecule has 1 radical (unpaired) electrons. The summed E-state index contributed by atoms with van der Waals surface area (Å²) in [6, 6.07) is 0. The molecule has 0 rings (SSSR count). The fourth-order valence-electron chi connectivity index (χ4n) is 0. The van der Waals surface area contributed by atoms with Crippen molar-refractivity contribution < 1.29 is 44.3 Å². The smallest absolute Gasteiger partial charge is 0.356 e. The average molecular weight is 243 g/mol. The predicted molar refractivity (Wildman–Crippen MR) is 20.7 cm³/mol. The topological polar surface area (TPSA) is 132 Å². The van der Waals surface area contributed by atoms with Gasteiger partial charge in [-0.3, -0.25) is 0 Å². The number of nitrogens with zero attached hydrogens (tertiary/aromatic N) is 2. The van der Waals surface area contributed by atoms with Gasteiger partial charge in [0.25, 0.3) is 0 Å². The van der Waals surface area contributed by atoms with Gasteiger partial charge in [-0.1, -0.05) is 0 Å². The Bertz CT molecular complexity index is 73.7. The quantitative estimate of drug-likeness (QED) is 0.320. The maximum Gasteiger partial charge on any atom is 2.00 e. The van der Waals surface area contributed by atoms with E-state index in [1.54, 1.807) is 0 Å². The van der Waals surface area contributed by atoms with Crippen molar-refractivity contribution >= 4 is 0 Å². The zero-order valence-electron chi connectivity index (χ0n) is 4.00. The fraction of sp³-hybridized carbons (Fsp3) is 0. The summed E-state index contributed by atoms with van der Waals surface area (Å²) in [7, 11) is 0. The molecule has 0 bridgehead atoms. The third-order valence-corrected chi connectivity index (χ3v) is 0. The van der Waals surface area contributed by atoms with E-state index in [-0.39, 0.29) is 34.1 Å². The van der Waals surface area contributed by atoms with E-state index in [1.165, 1.54) is 0 Å². The van der Waals surface area contributed by atoms with Crippen LogP contribution in [0.15, 0.2) is 0 Å². The molecule has 0 unspecified atom stereocenters.